The maximum Gasteiger partial charge on any atom is 0.407 e. The van der Waals surface area contributed by atoms with Gasteiger partial charge in [-0.1, -0.05) is 28.9 Å². The van der Waals surface area contributed by atoms with Crippen LogP contribution < -0.4 is 5.32 Å². The minimum atomic E-state index is -1.04. The summed E-state index contributed by atoms with van der Waals surface area (Å²) >= 11 is 5.97. The van der Waals surface area contributed by atoms with Crippen LogP contribution in [0.4, 0.5) is 4.79 Å². The van der Waals surface area contributed by atoms with Crippen molar-refractivity contribution in [3.63, 3.8) is 0 Å². The van der Waals surface area contributed by atoms with Crippen LogP contribution in [0.25, 0.3) is 11.1 Å². The molecule has 0 unspecified atom stereocenters. The SMILES string of the molecule is CC(C)(C)N(CCNC(=O)c1nocc1-c1cccc(Cl)c1)C(=O)O. The largest absolute Gasteiger partial charge is 0.465 e. The van der Waals surface area contributed by atoms with Crippen LogP contribution in [0.3, 0.4) is 0 Å². The number of carboxylic acid groups (broad SMARTS) is 1. The van der Waals surface area contributed by atoms with Crippen molar-refractivity contribution in [2.45, 2.75) is 26.3 Å². The van der Waals surface area contributed by atoms with Gasteiger partial charge in [-0.2, -0.15) is 0 Å². The van der Waals surface area contributed by atoms with Crippen LogP contribution >= 0.6 is 11.6 Å². The predicted molar refractivity (Wildman–Crippen MR) is 93.8 cm³/mol. The number of carbonyl (C=O) groups excluding carboxylic acids is 1. The zero-order valence-electron chi connectivity index (χ0n) is 14.2. The summed E-state index contributed by atoms with van der Waals surface area (Å²) in [7, 11) is 0. The van der Waals surface area contributed by atoms with Crippen molar-refractivity contribution < 1.29 is 19.2 Å². The molecule has 2 N–H and O–H groups in total. The Morgan fingerprint density at radius 1 is 1.36 bits per heavy atom. The summed E-state index contributed by atoms with van der Waals surface area (Å²) in [4.78, 5) is 24.9. The van der Waals surface area contributed by atoms with E-state index in [0.717, 1.165) is 0 Å². The molecule has 1 aromatic heterocycles. The van der Waals surface area contributed by atoms with Gasteiger partial charge in [0, 0.05) is 23.7 Å². The number of hydrogen-bond acceptors (Lipinski definition) is 4. The summed E-state index contributed by atoms with van der Waals surface area (Å²) in [6.07, 6.45) is 0.335. The number of benzene rings is 1. The van der Waals surface area contributed by atoms with Gasteiger partial charge in [0.15, 0.2) is 5.69 Å². The first-order chi connectivity index (χ1) is 11.7. The summed E-state index contributed by atoms with van der Waals surface area (Å²) in [6, 6.07) is 6.99. The molecule has 8 heteroatoms. The van der Waals surface area contributed by atoms with Crippen molar-refractivity contribution in [1.82, 2.24) is 15.4 Å². The van der Waals surface area contributed by atoms with Crippen LogP contribution in [-0.4, -0.2) is 45.8 Å². The van der Waals surface area contributed by atoms with Crippen molar-refractivity contribution in [2.75, 3.05) is 13.1 Å². The van der Waals surface area contributed by atoms with E-state index in [-0.39, 0.29) is 18.8 Å². The van der Waals surface area contributed by atoms with Crippen LogP contribution in [0.2, 0.25) is 5.02 Å². The van der Waals surface area contributed by atoms with Crippen molar-refractivity contribution in [2.24, 2.45) is 0 Å². The Kier molecular flexibility index (Phi) is 5.69. The van der Waals surface area contributed by atoms with Gasteiger partial charge < -0.3 is 19.8 Å². The lowest BCUT2D eigenvalue weighted by Gasteiger charge is -2.33. The van der Waals surface area contributed by atoms with E-state index in [1.54, 1.807) is 45.0 Å². The number of nitrogens with one attached hydrogen (secondary N) is 1. The summed E-state index contributed by atoms with van der Waals surface area (Å²) in [5.74, 6) is -0.442. The molecule has 0 fully saturated rings. The van der Waals surface area contributed by atoms with E-state index in [1.165, 1.54) is 11.2 Å². The molecule has 2 aromatic rings. The van der Waals surface area contributed by atoms with Gasteiger partial charge in [0.25, 0.3) is 5.91 Å². The lowest BCUT2D eigenvalue weighted by molar-refractivity contribution is 0.0886. The second kappa shape index (κ2) is 7.57. The first-order valence-electron chi connectivity index (χ1n) is 7.69. The highest BCUT2D eigenvalue weighted by Gasteiger charge is 2.26. The smallest absolute Gasteiger partial charge is 0.407 e. The lowest BCUT2D eigenvalue weighted by atomic mass is 10.1. The maximum absolute atomic E-state index is 12.4. The Morgan fingerprint density at radius 3 is 2.68 bits per heavy atom. The zero-order chi connectivity index (χ0) is 18.6. The number of hydrogen-bond donors (Lipinski definition) is 2. The highest BCUT2D eigenvalue weighted by molar-refractivity contribution is 6.30. The fourth-order valence-corrected chi connectivity index (χ4v) is 2.53. The van der Waals surface area contributed by atoms with Crippen LogP contribution in [-0.2, 0) is 0 Å². The molecule has 1 heterocycles. The van der Waals surface area contributed by atoms with Gasteiger partial charge in [-0.05, 0) is 38.5 Å². The fraction of sp³-hybridized carbons (Fsp3) is 0.353. The van der Waals surface area contributed by atoms with Gasteiger partial charge in [-0.15, -0.1) is 0 Å². The number of amides is 2. The molecule has 7 nitrogen and oxygen atoms in total. The number of rotatable bonds is 5. The fourth-order valence-electron chi connectivity index (χ4n) is 2.34. The molecule has 0 atom stereocenters. The van der Waals surface area contributed by atoms with Crippen molar-refractivity contribution >= 4 is 23.6 Å². The normalized spacial score (nSPS) is 11.2. The van der Waals surface area contributed by atoms with Crippen LogP contribution in [0.1, 0.15) is 31.3 Å². The lowest BCUT2D eigenvalue weighted by Crippen LogP contribution is -2.48. The molecule has 2 rings (SSSR count). The van der Waals surface area contributed by atoms with Gasteiger partial charge in [-0.3, -0.25) is 4.79 Å². The molecule has 1 aromatic carbocycles. The third-order valence-electron chi connectivity index (χ3n) is 3.58. The third kappa shape index (κ3) is 4.73. The Labute approximate surface area is 150 Å². The van der Waals surface area contributed by atoms with Gasteiger partial charge in [0.05, 0.1) is 5.56 Å². The molecule has 25 heavy (non-hydrogen) atoms. The van der Waals surface area contributed by atoms with Gasteiger partial charge in [0.2, 0.25) is 0 Å². The van der Waals surface area contributed by atoms with E-state index in [1.807, 2.05) is 0 Å². The number of nitrogens with zero attached hydrogens (tertiary/aromatic N) is 2. The minimum Gasteiger partial charge on any atom is -0.465 e. The minimum absolute atomic E-state index is 0.125. The Bertz CT molecular complexity index is 767. The average molecular weight is 366 g/mol. The highest BCUT2D eigenvalue weighted by Crippen LogP contribution is 2.25. The molecule has 0 saturated heterocycles. The van der Waals surface area contributed by atoms with Crippen LogP contribution in [0.5, 0.6) is 0 Å². The highest BCUT2D eigenvalue weighted by atomic mass is 35.5. The Hall–Kier alpha value is -2.54. The quantitative estimate of drug-likeness (QED) is 0.845. The molecule has 0 spiro atoms. The van der Waals surface area contributed by atoms with E-state index < -0.39 is 17.5 Å². The third-order valence-corrected chi connectivity index (χ3v) is 3.82. The summed E-state index contributed by atoms with van der Waals surface area (Å²) < 4.78 is 4.92. The molecule has 0 bridgehead atoms. The zero-order valence-corrected chi connectivity index (χ0v) is 15.0. The Morgan fingerprint density at radius 2 is 2.08 bits per heavy atom. The second-order valence-corrected chi connectivity index (χ2v) is 6.88. The van der Waals surface area contributed by atoms with Crippen molar-refractivity contribution in [3.8, 4) is 11.1 Å². The first kappa shape index (κ1) is 18.8. The van der Waals surface area contributed by atoms with Crippen molar-refractivity contribution in [3.05, 3.63) is 41.2 Å². The average Bonchev–Trinajstić information content (AvgIpc) is 2.99. The second-order valence-electron chi connectivity index (χ2n) is 6.45. The summed E-state index contributed by atoms with van der Waals surface area (Å²) in [5, 5.41) is 16.2. The Balaban J connectivity index is 2.06. The van der Waals surface area contributed by atoms with Gasteiger partial charge >= 0.3 is 6.09 Å². The van der Waals surface area contributed by atoms with Gasteiger partial charge in [-0.25, -0.2) is 4.79 Å². The number of carbonyl (C=O) groups is 2. The van der Waals surface area contributed by atoms with E-state index in [0.29, 0.717) is 16.1 Å². The van der Waals surface area contributed by atoms with E-state index in [2.05, 4.69) is 10.5 Å². The van der Waals surface area contributed by atoms with Crippen LogP contribution in [0, 0.1) is 0 Å². The molecular formula is C17H20ClN3O4. The van der Waals surface area contributed by atoms with E-state index >= 15 is 0 Å². The van der Waals surface area contributed by atoms with Crippen molar-refractivity contribution in [1.29, 1.82) is 0 Å². The van der Waals surface area contributed by atoms with E-state index in [9.17, 15) is 14.7 Å². The first-order valence-corrected chi connectivity index (χ1v) is 8.07. The topological polar surface area (TPSA) is 95.7 Å². The number of aromatic nitrogens is 1. The molecule has 134 valence electrons. The van der Waals surface area contributed by atoms with Gasteiger partial charge in [0.1, 0.15) is 6.26 Å². The maximum atomic E-state index is 12.4. The number of halogens is 1. The molecular weight excluding hydrogens is 346 g/mol. The summed E-state index contributed by atoms with van der Waals surface area (Å²) in [5.41, 5.74) is 0.794. The van der Waals surface area contributed by atoms with Crippen LogP contribution in [0.15, 0.2) is 35.1 Å². The monoisotopic (exact) mass is 365 g/mol. The molecule has 0 aliphatic heterocycles. The molecule has 2 amide bonds. The van der Waals surface area contributed by atoms with E-state index in [4.69, 9.17) is 16.1 Å². The summed E-state index contributed by atoms with van der Waals surface area (Å²) in [6.45, 7) is 5.69. The molecule has 0 aliphatic rings. The predicted octanol–water partition coefficient (Wildman–Crippen LogP) is 3.50. The molecule has 0 aliphatic carbocycles. The molecule has 0 saturated carbocycles. The molecule has 0 radical (unpaired) electrons. The standard InChI is InChI=1S/C17H20ClN3O4/c1-17(2,3)21(16(23)24)8-7-19-15(22)14-13(10-25-20-14)11-5-4-6-12(18)9-11/h4-6,9-10H,7-8H2,1-3H3,(H,19,22)(H,23,24).